The van der Waals surface area contributed by atoms with Crippen molar-refractivity contribution < 1.29 is 13.2 Å². The van der Waals surface area contributed by atoms with E-state index in [4.69, 9.17) is 45.9 Å². The van der Waals surface area contributed by atoms with E-state index in [2.05, 4.69) is 0 Å². The molecule has 3 rings (SSSR count). The van der Waals surface area contributed by atoms with Crippen LogP contribution in [0, 0.1) is 5.41 Å². The summed E-state index contributed by atoms with van der Waals surface area (Å²) < 4.78 is 32.4. The Balaban J connectivity index is 2.12. The van der Waals surface area contributed by atoms with Gasteiger partial charge in [-0.15, -0.1) is 0 Å². The molecular weight excluding hydrogens is 425 g/mol. The Bertz CT molecular complexity index is 963. The van der Waals surface area contributed by atoms with Gasteiger partial charge in [-0.25, -0.2) is 8.42 Å². The van der Waals surface area contributed by atoms with Gasteiger partial charge >= 0.3 is 0 Å². The van der Waals surface area contributed by atoms with Gasteiger partial charge in [0.2, 0.25) is 0 Å². The average molecular weight is 444 g/mol. The van der Waals surface area contributed by atoms with Crippen LogP contribution in [-0.2, 0) is 14.6 Å². The van der Waals surface area contributed by atoms with Crippen molar-refractivity contribution in [3.05, 3.63) is 64.1 Å². The van der Waals surface area contributed by atoms with E-state index in [0.29, 0.717) is 16.7 Å². The molecule has 0 aliphatic heterocycles. The van der Waals surface area contributed by atoms with Crippen molar-refractivity contribution in [2.75, 3.05) is 13.2 Å². The quantitative estimate of drug-likeness (QED) is 0.647. The molecule has 0 amide bonds. The molecule has 2 aromatic rings. The van der Waals surface area contributed by atoms with Crippen molar-refractivity contribution in [1.29, 1.82) is 0 Å². The standard InChI is InChI=1S/C19H19Cl2NO3S2/c1-2-25-11-19(18(22)26)16(12-4-3-5-14(21)10-12)17(19)27(23,24)15-8-6-13(20)7-9-15/h3-10,16-17H,2,11H2,1H3,(H2,22,26)/t16-,17+,19-/m0/s1. The number of hydrogen-bond acceptors (Lipinski definition) is 4. The lowest BCUT2D eigenvalue weighted by Gasteiger charge is -2.17. The molecule has 2 aromatic carbocycles. The predicted octanol–water partition coefficient (Wildman–Crippen LogP) is 4.24. The zero-order valence-corrected chi connectivity index (χ0v) is 17.7. The summed E-state index contributed by atoms with van der Waals surface area (Å²) in [5.74, 6) is -0.430. The monoisotopic (exact) mass is 443 g/mol. The normalized spacial score (nSPS) is 24.6. The van der Waals surface area contributed by atoms with E-state index in [9.17, 15) is 8.42 Å². The number of rotatable bonds is 7. The van der Waals surface area contributed by atoms with Crippen LogP contribution in [0.4, 0.5) is 0 Å². The number of halogens is 2. The van der Waals surface area contributed by atoms with Crippen LogP contribution < -0.4 is 5.73 Å². The van der Waals surface area contributed by atoms with Gasteiger partial charge in [-0.1, -0.05) is 47.6 Å². The second kappa shape index (κ2) is 7.68. The molecule has 8 heteroatoms. The van der Waals surface area contributed by atoms with Crippen molar-refractivity contribution >= 4 is 50.2 Å². The van der Waals surface area contributed by atoms with Crippen LogP contribution in [0.1, 0.15) is 18.4 Å². The molecule has 144 valence electrons. The molecule has 0 aromatic heterocycles. The van der Waals surface area contributed by atoms with Crippen LogP contribution in [0.25, 0.3) is 0 Å². The summed E-state index contributed by atoms with van der Waals surface area (Å²) >= 11 is 17.3. The topological polar surface area (TPSA) is 69.4 Å². The fourth-order valence-corrected chi connectivity index (χ4v) is 6.71. The summed E-state index contributed by atoms with van der Waals surface area (Å²) in [4.78, 5) is 0.307. The minimum atomic E-state index is -3.72. The number of benzene rings is 2. The van der Waals surface area contributed by atoms with Gasteiger partial charge in [0.05, 0.1) is 27.2 Å². The molecule has 1 aliphatic rings. The Hall–Kier alpha value is -1.18. The number of sulfone groups is 1. The van der Waals surface area contributed by atoms with E-state index in [1.54, 1.807) is 30.3 Å². The smallest absolute Gasteiger partial charge is 0.182 e. The molecular formula is C19H19Cl2NO3S2. The Kier molecular flexibility index (Phi) is 5.85. The molecule has 0 radical (unpaired) electrons. The van der Waals surface area contributed by atoms with Gasteiger partial charge in [-0.2, -0.15) is 0 Å². The summed E-state index contributed by atoms with van der Waals surface area (Å²) in [6.45, 7) is 2.40. The molecule has 0 unspecified atom stereocenters. The fourth-order valence-electron chi connectivity index (χ4n) is 3.61. The first-order chi connectivity index (χ1) is 12.7. The molecule has 1 aliphatic carbocycles. The van der Waals surface area contributed by atoms with Crippen molar-refractivity contribution in [1.82, 2.24) is 0 Å². The minimum Gasteiger partial charge on any atom is -0.393 e. The average Bonchev–Trinajstić information content (AvgIpc) is 3.32. The lowest BCUT2D eigenvalue weighted by molar-refractivity contribution is 0.121. The maximum absolute atomic E-state index is 13.4. The SMILES string of the molecule is CCOC[C@@]1(C(N)=S)[C@H](S(=O)(=O)c2ccc(Cl)cc2)[C@@H]1c1cccc(Cl)c1. The Morgan fingerprint density at radius 2 is 1.85 bits per heavy atom. The third-order valence-corrected chi connectivity index (χ3v) is 8.10. The molecule has 1 fully saturated rings. The summed E-state index contributed by atoms with van der Waals surface area (Å²) in [6, 6.07) is 13.2. The van der Waals surface area contributed by atoms with Crippen molar-refractivity contribution in [2.24, 2.45) is 11.1 Å². The lowest BCUT2D eigenvalue weighted by Crippen LogP contribution is -2.33. The van der Waals surface area contributed by atoms with Gasteiger partial charge < -0.3 is 10.5 Å². The first-order valence-electron chi connectivity index (χ1n) is 8.37. The van der Waals surface area contributed by atoms with E-state index in [-0.39, 0.29) is 16.5 Å². The predicted molar refractivity (Wildman–Crippen MR) is 112 cm³/mol. The molecule has 2 N–H and O–H groups in total. The molecule has 0 saturated heterocycles. The Morgan fingerprint density at radius 3 is 2.41 bits per heavy atom. The fraction of sp³-hybridized carbons (Fsp3) is 0.316. The van der Waals surface area contributed by atoms with Gasteiger partial charge in [-0.05, 0) is 48.9 Å². The summed E-state index contributed by atoms with van der Waals surface area (Å²) in [5.41, 5.74) is 5.86. The van der Waals surface area contributed by atoms with E-state index in [1.165, 1.54) is 12.1 Å². The van der Waals surface area contributed by atoms with Crippen LogP contribution >= 0.6 is 35.4 Å². The highest BCUT2D eigenvalue weighted by Gasteiger charge is 2.73. The summed E-state index contributed by atoms with van der Waals surface area (Å²) in [5, 5.41) is 0.162. The lowest BCUT2D eigenvalue weighted by atomic mass is 10.00. The van der Waals surface area contributed by atoms with Gasteiger partial charge in [-0.3, -0.25) is 0 Å². The minimum absolute atomic E-state index is 0.128. The summed E-state index contributed by atoms with van der Waals surface area (Å²) in [6.07, 6.45) is 0. The van der Waals surface area contributed by atoms with Crippen molar-refractivity contribution in [3.63, 3.8) is 0 Å². The van der Waals surface area contributed by atoms with Gasteiger partial charge in [0.15, 0.2) is 9.84 Å². The molecule has 0 spiro atoms. The van der Waals surface area contributed by atoms with Crippen LogP contribution in [0.3, 0.4) is 0 Å². The molecule has 4 nitrogen and oxygen atoms in total. The zero-order valence-electron chi connectivity index (χ0n) is 14.6. The van der Waals surface area contributed by atoms with Crippen LogP contribution in [-0.4, -0.2) is 31.9 Å². The van der Waals surface area contributed by atoms with Gasteiger partial charge in [0.25, 0.3) is 0 Å². The number of nitrogens with two attached hydrogens (primary N) is 1. The van der Waals surface area contributed by atoms with Crippen LogP contribution in [0.2, 0.25) is 10.0 Å². The molecule has 0 heterocycles. The first kappa shape index (κ1) is 20.6. The number of ether oxygens (including phenoxy) is 1. The highest BCUT2D eigenvalue weighted by molar-refractivity contribution is 7.92. The molecule has 27 heavy (non-hydrogen) atoms. The van der Waals surface area contributed by atoms with Crippen molar-refractivity contribution in [2.45, 2.75) is 23.0 Å². The third-order valence-electron chi connectivity index (χ3n) is 4.94. The van der Waals surface area contributed by atoms with Crippen molar-refractivity contribution in [3.8, 4) is 0 Å². The molecule has 0 bridgehead atoms. The first-order valence-corrected chi connectivity index (χ1v) is 11.1. The van der Waals surface area contributed by atoms with E-state index in [1.807, 2.05) is 13.0 Å². The maximum Gasteiger partial charge on any atom is 0.182 e. The van der Waals surface area contributed by atoms with Gasteiger partial charge in [0, 0.05) is 22.6 Å². The molecule has 1 saturated carbocycles. The van der Waals surface area contributed by atoms with E-state index < -0.39 is 26.4 Å². The largest absolute Gasteiger partial charge is 0.393 e. The molecule has 3 atom stereocenters. The highest BCUT2D eigenvalue weighted by Crippen LogP contribution is 2.64. The third kappa shape index (κ3) is 3.61. The second-order valence-corrected chi connectivity index (χ2v) is 9.88. The van der Waals surface area contributed by atoms with E-state index in [0.717, 1.165) is 5.56 Å². The van der Waals surface area contributed by atoms with Crippen LogP contribution in [0.15, 0.2) is 53.4 Å². The highest BCUT2D eigenvalue weighted by atomic mass is 35.5. The summed E-state index contributed by atoms with van der Waals surface area (Å²) in [7, 11) is -3.72. The van der Waals surface area contributed by atoms with Gasteiger partial charge in [0.1, 0.15) is 0 Å². The van der Waals surface area contributed by atoms with E-state index >= 15 is 0 Å². The Labute approximate surface area is 174 Å². The maximum atomic E-state index is 13.4. The number of hydrogen-bond donors (Lipinski definition) is 1. The number of thiocarbonyl (C=S) groups is 1. The second-order valence-electron chi connectivity index (χ2n) is 6.49. The van der Waals surface area contributed by atoms with Crippen LogP contribution in [0.5, 0.6) is 0 Å². The Morgan fingerprint density at radius 1 is 1.19 bits per heavy atom. The zero-order chi connectivity index (χ0) is 19.8.